The summed E-state index contributed by atoms with van der Waals surface area (Å²) >= 11 is 0. The van der Waals surface area contributed by atoms with Crippen molar-refractivity contribution in [2.45, 2.75) is 19.4 Å². The highest BCUT2D eigenvalue weighted by molar-refractivity contribution is 6.03. The minimum Gasteiger partial charge on any atom is -0.506 e. The van der Waals surface area contributed by atoms with Crippen molar-refractivity contribution in [1.82, 2.24) is 10.2 Å². The van der Waals surface area contributed by atoms with E-state index in [4.69, 9.17) is 0 Å². The number of aromatic hydroxyl groups is 1. The normalized spacial score (nSPS) is 18.0. The molecule has 3 rings (SSSR count). The molecular formula is C17H20N2O2. The summed E-state index contributed by atoms with van der Waals surface area (Å²) < 4.78 is 0. The van der Waals surface area contributed by atoms with Crippen LogP contribution in [-0.2, 0) is 0 Å². The largest absolute Gasteiger partial charge is 0.506 e. The first-order valence-corrected chi connectivity index (χ1v) is 7.44. The molecule has 1 unspecified atom stereocenters. The highest BCUT2D eigenvalue weighted by Crippen LogP contribution is 2.30. The van der Waals surface area contributed by atoms with Gasteiger partial charge in [0.05, 0.1) is 5.56 Å². The average Bonchev–Trinajstić information content (AvgIpc) is 3.02. The van der Waals surface area contributed by atoms with E-state index in [9.17, 15) is 9.90 Å². The van der Waals surface area contributed by atoms with E-state index in [2.05, 4.69) is 5.32 Å². The number of amides is 1. The summed E-state index contributed by atoms with van der Waals surface area (Å²) in [6, 6.07) is 11.4. The van der Waals surface area contributed by atoms with Gasteiger partial charge in [-0.25, -0.2) is 0 Å². The predicted molar refractivity (Wildman–Crippen MR) is 83.6 cm³/mol. The quantitative estimate of drug-likeness (QED) is 0.910. The van der Waals surface area contributed by atoms with E-state index in [1.807, 2.05) is 42.2 Å². The van der Waals surface area contributed by atoms with Crippen molar-refractivity contribution >= 4 is 16.7 Å². The maximum absolute atomic E-state index is 12.8. The van der Waals surface area contributed by atoms with Crippen LogP contribution in [0.1, 0.15) is 23.7 Å². The minimum atomic E-state index is -0.0885. The van der Waals surface area contributed by atoms with E-state index in [0.29, 0.717) is 12.1 Å². The number of carbonyl (C=O) groups excluding carboxylic acids is 1. The molecule has 0 radical (unpaired) electrons. The maximum atomic E-state index is 12.8. The molecule has 110 valence electrons. The first-order valence-electron chi connectivity index (χ1n) is 7.44. The van der Waals surface area contributed by atoms with Gasteiger partial charge in [-0.2, -0.15) is 0 Å². The number of nitrogens with zero attached hydrogens (tertiary/aromatic N) is 1. The molecule has 1 heterocycles. The zero-order chi connectivity index (χ0) is 14.8. The third kappa shape index (κ3) is 2.47. The Labute approximate surface area is 124 Å². The van der Waals surface area contributed by atoms with Gasteiger partial charge in [-0.3, -0.25) is 4.79 Å². The van der Waals surface area contributed by atoms with Gasteiger partial charge in [-0.1, -0.05) is 30.3 Å². The topological polar surface area (TPSA) is 52.6 Å². The van der Waals surface area contributed by atoms with E-state index in [0.717, 1.165) is 30.3 Å². The fraction of sp³-hybridized carbons (Fsp3) is 0.353. The fourth-order valence-corrected chi connectivity index (χ4v) is 3.06. The molecule has 1 fully saturated rings. The molecule has 0 bridgehead atoms. The number of hydrogen-bond donors (Lipinski definition) is 2. The van der Waals surface area contributed by atoms with Crippen LogP contribution in [0.2, 0.25) is 0 Å². The van der Waals surface area contributed by atoms with Gasteiger partial charge in [-0.05, 0) is 31.3 Å². The van der Waals surface area contributed by atoms with Crippen molar-refractivity contribution in [3.63, 3.8) is 0 Å². The smallest absolute Gasteiger partial charge is 0.257 e. The molecule has 21 heavy (non-hydrogen) atoms. The van der Waals surface area contributed by atoms with Crippen molar-refractivity contribution in [3.05, 3.63) is 42.0 Å². The zero-order valence-corrected chi connectivity index (χ0v) is 12.2. The lowest BCUT2D eigenvalue weighted by Crippen LogP contribution is -2.41. The van der Waals surface area contributed by atoms with Gasteiger partial charge in [0, 0.05) is 24.5 Å². The number of hydrogen-bond acceptors (Lipinski definition) is 3. The average molecular weight is 284 g/mol. The zero-order valence-electron chi connectivity index (χ0n) is 12.2. The number of phenols is 1. The summed E-state index contributed by atoms with van der Waals surface area (Å²) in [5.41, 5.74) is 0.391. The molecule has 4 nitrogen and oxygen atoms in total. The SMILES string of the molecule is CCN(C(=O)c1ccc2ccccc2c1O)C1CCNC1. The molecule has 1 aliphatic rings. The van der Waals surface area contributed by atoms with E-state index in [1.165, 1.54) is 0 Å². The van der Waals surface area contributed by atoms with Crippen LogP contribution in [0.25, 0.3) is 10.8 Å². The second-order valence-corrected chi connectivity index (χ2v) is 5.42. The molecule has 0 saturated carbocycles. The third-order valence-electron chi connectivity index (χ3n) is 4.21. The molecule has 2 aromatic rings. The van der Waals surface area contributed by atoms with Crippen LogP contribution in [0.4, 0.5) is 0 Å². The molecule has 2 N–H and O–H groups in total. The van der Waals surface area contributed by atoms with Crippen LogP contribution in [0.5, 0.6) is 5.75 Å². The van der Waals surface area contributed by atoms with Gasteiger partial charge in [0.1, 0.15) is 5.75 Å². The molecule has 4 heteroatoms. The lowest BCUT2D eigenvalue weighted by atomic mass is 10.0. The molecule has 2 aromatic carbocycles. The monoisotopic (exact) mass is 284 g/mol. The van der Waals surface area contributed by atoms with Gasteiger partial charge in [-0.15, -0.1) is 0 Å². The van der Waals surface area contributed by atoms with Gasteiger partial charge in [0.15, 0.2) is 0 Å². The lowest BCUT2D eigenvalue weighted by Gasteiger charge is -2.27. The fourth-order valence-electron chi connectivity index (χ4n) is 3.06. The number of fused-ring (bicyclic) bond motifs is 1. The van der Waals surface area contributed by atoms with Gasteiger partial charge >= 0.3 is 0 Å². The molecule has 1 atom stereocenters. The number of benzene rings is 2. The van der Waals surface area contributed by atoms with Crippen molar-refractivity contribution in [2.24, 2.45) is 0 Å². The standard InChI is InChI=1S/C17H20N2O2/c1-2-19(13-9-10-18-11-13)17(21)15-8-7-12-5-3-4-6-14(12)16(15)20/h3-8,13,18,20H,2,9-11H2,1H3. The Morgan fingerprint density at radius 3 is 2.86 bits per heavy atom. The molecule has 0 spiro atoms. The minimum absolute atomic E-state index is 0.0857. The van der Waals surface area contributed by atoms with Gasteiger partial charge in [0.2, 0.25) is 0 Å². The van der Waals surface area contributed by atoms with Gasteiger partial charge < -0.3 is 15.3 Å². The summed E-state index contributed by atoms with van der Waals surface area (Å²) in [5.74, 6) is -0.00282. The van der Waals surface area contributed by atoms with Crippen LogP contribution in [0.15, 0.2) is 36.4 Å². The number of likely N-dealkylation sites (N-methyl/N-ethyl adjacent to an activating group) is 1. The van der Waals surface area contributed by atoms with E-state index in [1.54, 1.807) is 6.07 Å². The van der Waals surface area contributed by atoms with Crippen molar-refractivity contribution in [1.29, 1.82) is 0 Å². The first-order chi connectivity index (χ1) is 10.2. The molecule has 1 saturated heterocycles. The Hall–Kier alpha value is -2.07. The molecule has 1 amide bonds. The van der Waals surface area contributed by atoms with Crippen LogP contribution in [0, 0.1) is 0 Å². The predicted octanol–water partition coefficient (Wildman–Crippen LogP) is 2.37. The second kappa shape index (κ2) is 5.74. The van der Waals surface area contributed by atoms with Crippen molar-refractivity contribution in [2.75, 3.05) is 19.6 Å². The first kappa shape index (κ1) is 13.9. The lowest BCUT2D eigenvalue weighted by molar-refractivity contribution is 0.0701. The van der Waals surface area contributed by atoms with Gasteiger partial charge in [0.25, 0.3) is 5.91 Å². The number of rotatable bonds is 3. The Bertz CT molecular complexity index is 663. The summed E-state index contributed by atoms with van der Waals surface area (Å²) in [6.07, 6.45) is 0.966. The Morgan fingerprint density at radius 1 is 1.33 bits per heavy atom. The third-order valence-corrected chi connectivity index (χ3v) is 4.21. The van der Waals surface area contributed by atoms with Crippen LogP contribution < -0.4 is 5.32 Å². The van der Waals surface area contributed by atoms with E-state index in [-0.39, 0.29) is 17.7 Å². The number of phenolic OH excluding ortho intramolecular Hbond substituents is 1. The van der Waals surface area contributed by atoms with Crippen LogP contribution >= 0.6 is 0 Å². The molecule has 1 aliphatic heterocycles. The highest BCUT2D eigenvalue weighted by atomic mass is 16.3. The summed E-state index contributed by atoms with van der Waals surface area (Å²) in [7, 11) is 0. The molecule has 0 aromatic heterocycles. The Morgan fingerprint density at radius 2 is 2.14 bits per heavy atom. The summed E-state index contributed by atoms with van der Waals surface area (Å²) in [4.78, 5) is 14.6. The molecular weight excluding hydrogens is 264 g/mol. The Balaban J connectivity index is 1.98. The summed E-state index contributed by atoms with van der Waals surface area (Å²) in [5, 5.41) is 15.4. The van der Waals surface area contributed by atoms with Crippen LogP contribution in [-0.4, -0.2) is 41.6 Å². The highest BCUT2D eigenvalue weighted by Gasteiger charge is 2.27. The molecule has 0 aliphatic carbocycles. The van der Waals surface area contributed by atoms with E-state index >= 15 is 0 Å². The van der Waals surface area contributed by atoms with E-state index < -0.39 is 0 Å². The second-order valence-electron chi connectivity index (χ2n) is 5.42. The summed E-state index contributed by atoms with van der Waals surface area (Å²) in [6.45, 7) is 4.40. The number of carbonyl (C=O) groups is 1. The van der Waals surface area contributed by atoms with Crippen LogP contribution in [0.3, 0.4) is 0 Å². The maximum Gasteiger partial charge on any atom is 0.257 e. The van der Waals surface area contributed by atoms with Crippen molar-refractivity contribution in [3.8, 4) is 5.75 Å². The Kier molecular flexibility index (Phi) is 3.80. The van der Waals surface area contributed by atoms with Crippen molar-refractivity contribution < 1.29 is 9.90 Å². The number of nitrogens with one attached hydrogen (secondary N) is 1.